The third-order valence-electron chi connectivity index (χ3n) is 2.69. The number of anilines is 1. The third kappa shape index (κ3) is 2.96. The molecule has 0 heterocycles. The van der Waals surface area contributed by atoms with E-state index in [9.17, 15) is 22.4 Å². The smallest absolute Gasteiger partial charge is 0.258 e. The summed E-state index contributed by atoms with van der Waals surface area (Å²) in [6, 6.07) is 4.95. The van der Waals surface area contributed by atoms with Crippen LogP contribution in [0, 0.1) is 23.3 Å². The third-order valence-corrected chi connectivity index (χ3v) is 2.69. The van der Waals surface area contributed by atoms with E-state index < -0.39 is 34.7 Å². The number of ether oxygens (including phenoxy) is 1. The van der Waals surface area contributed by atoms with Crippen molar-refractivity contribution in [2.45, 2.75) is 0 Å². The Morgan fingerprint density at radius 1 is 1.00 bits per heavy atom. The molecule has 0 aromatic heterocycles. The highest BCUT2D eigenvalue weighted by Crippen LogP contribution is 2.22. The van der Waals surface area contributed by atoms with Crippen LogP contribution in [-0.2, 0) is 0 Å². The van der Waals surface area contributed by atoms with E-state index in [1.54, 1.807) is 0 Å². The number of halogens is 4. The Balaban J connectivity index is 2.26. The number of benzene rings is 2. The molecule has 0 saturated heterocycles. The van der Waals surface area contributed by atoms with Crippen LogP contribution in [0.4, 0.5) is 23.2 Å². The van der Waals surface area contributed by atoms with E-state index in [-0.39, 0.29) is 11.4 Å². The van der Waals surface area contributed by atoms with Gasteiger partial charge in [0, 0.05) is 11.8 Å². The first-order valence-electron chi connectivity index (χ1n) is 5.72. The minimum atomic E-state index is -1.75. The summed E-state index contributed by atoms with van der Waals surface area (Å²) in [7, 11) is 1.27. The molecule has 2 aromatic carbocycles. The predicted octanol–water partition coefficient (Wildman–Crippen LogP) is 3.50. The summed E-state index contributed by atoms with van der Waals surface area (Å²) >= 11 is 0. The van der Waals surface area contributed by atoms with Gasteiger partial charge in [0.25, 0.3) is 5.91 Å². The molecule has 2 aromatic rings. The molecule has 2 rings (SSSR count). The van der Waals surface area contributed by atoms with Crippen LogP contribution in [0.2, 0.25) is 0 Å². The minimum Gasteiger partial charge on any atom is -0.494 e. The van der Waals surface area contributed by atoms with Crippen molar-refractivity contribution in [2.75, 3.05) is 12.4 Å². The zero-order valence-corrected chi connectivity index (χ0v) is 10.7. The van der Waals surface area contributed by atoms with Gasteiger partial charge in [-0.3, -0.25) is 4.79 Å². The highest BCUT2D eigenvalue weighted by molar-refractivity contribution is 6.04. The van der Waals surface area contributed by atoms with E-state index in [1.165, 1.54) is 19.2 Å². The number of methoxy groups -OCH3 is 1. The summed E-state index contributed by atoms with van der Waals surface area (Å²) in [6.45, 7) is 0. The summed E-state index contributed by atoms with van der Waals surface area (Å²) in [5, 5.41) is 2.17. The van der Waals surface area contributed by atoms with Crippen LogP contribution in [0.1, 0.15) is 10.4 Å². The summed E-state index contributed by atoms with van der Waals surface area (Å²) in [6.07, 6.45) is 0. The zero-order chi connectivity index (χ0) is 15.6. The number of amides is 1. The molecule has 0 fully saturated rings. The number of hydrogen-bond acceptors (Lipinski definition) is 2. The summed E-state index contributed by atoms with van der Waals surface area (Å²) < 4.78 is 57.4. The standard InChI is InChI=1S/C14H9F4NO2/c1-21-11-5-2-7(6-10(11)16)19-14(20)8-3-4-9(15)13(18)12(8)17/h2-6H,1H3,(H,19,20). The van der Waals surface area contributed by atoms with Crippen LogP contribution in [0.3, 0.4) is 0 Å². The molecule has 0 spiro atoms. The normalized spacial score (nSPS) is 10.3. The number of carbonyl (C=O) groups is 1. The van der Waals surface area contributed by atoms with Crippen molar-refractivity contribution < 1.29 is 27.1 Å². The molecule has 3 nitrogen and oxygen atoms in total. The maximum atomic E-state index is 13.4. The van der Waals surface area contributed by atoms with Crippen molar-refractivity contribution in [2.24, 2.45) is 0 Å². The van der Waals surface area contributed by atoms with Crippen molar-refractivity contribution in [3.05, 3.63) is 59.2 Å². The predicted molar refractivity (Wildman–Crippen MR) is 67.2 cm³/mol. The quantitative estimate of drug-likeness (QED) is 0.696. The van der Waals surface area contributed by atoms with Crippen molar-refractivity contribution in [1.82, 2.24) is 0 Å². The topological polar surface area (TPSA) is 38.3 Å². The number of rotatable bonds is 3. The molecule has 0 saturated carbocycles. The molecule has 7 heteroatoms. The molecule has 0 atom stereocenters. The van der Waals surface area contributed by atoms with Gasteiger partial charge in [-0.05, 0) is 24.3 Å². The van der Waals surface area contributed by atoms with Gasteiger partial charge < -0.3 is 10.1 Å². The Bertz CT molecular complexity index is 704. The molecule has 0 bridgehead atoms. The second-order valence-electron chi connectivity index (χ2n) is 4.03. The summed E-state index contributed by atoms with van der Waals surface area (Å²) in [5.41, 5.74) is -0.674. The fraction of sp³-hybridized carbons (Fsp3) is 0.0714. The van der Waals surface area contributed by atoms with Gasteiger partial charge in [0.1, 0.15) is 0 Å². The fourth-order valence-corrected chi connectivity index (χ4v) is 1.64. The fourth-order valence-electron chi connectivity index (χ4n) is 1.64. The van der Waals surface area contributed by atoms with Crippen LogP contribution in [0.15, 0.2) is 30.3 Å². The highest BCUT2D eigenvalue weighted by Gasteiger charge is 2.19. The second-order valence-corrected chi connectivity index (χ2v) is 4.03. The van der Waals surface area contributed by atoms with Crippen LogP contribution in [-0.4, -0.2) is 13.0 Å². The number of carbonyl (C=O) groups excluding carboxylic acids is 1. The highest BCUT2D eigenvalue weighted by atomic mass is 19.2. The Hall–Kier alpha value is -2.57. The lowest BCUT2D eigenvalue weighted by Crippen LogP contribution is -2.15. The summed E-state index contributed by atoms with van der Waals surface area (Å²) in [4.78, 5) is 11.8. The molecular formula is C14H9F4NO2. The lowest BCUT2D eigenvalue weighted by molar-refractivity contribution is 0.102. The second kappa shape index (κ2) is 5.82. The number of nitrogens with one attached hydrogen (secondary N) is 1. The molecule has 0 radical (unpaired) electrons. The average molecular weight is 299 g/mol. The van der Waals surface area contributed by atoms with E-state index in [4.69, 9.17) is 4.74 Å². The Morgan fingerprint density at radius 3 is 2.33 bits per heavy atom. The van der Waals surface area contributed by atoms with E-state index in [2.05, 4.69) is 5.32 Å². The SMILES string of the molecule is COc1ccc(NC(=O)c2ccc(F)c(F)c2F)cc1F. The molecule has 1 N–H and O–H groups in total. The van der Waals surface area contributed by atoms with Crippen LogP contribution >= 0.6 is 0 Å². The molecule has 0 unspecified atom stereocenters. The first kappa shape index (κ1) is 14.8. The van der Waals surface area contributed by atoms with Crippen molar-refractivity contribution in [1.29, 1.82) is 0 Å². The zero-order valence-electron chi connectivity index (χ0n) is 10.7. The molecule has 110 valence electrons. The molecule has 0 aliphatic heterocycles. The van der Waals surface area contributed by atoms with Crippen molar-refractivity contribution in [3.63, 3.8) is 0 Å². The van der Waals surface area contributed by atoms with Gasteiger partial charge >= 0.3 is 0 Å². The maximum absolute atomic E-state index is 13.4. The Kier molecular flexibility index (Phi) is 4.11. The van der Waals surface area contributed by atoms with Crippen LogP contribution < -0.4 is 10.1 Å². The lowest BCUT2D eigenvalue weighted by atomic mass is 10.1. The van der Waals surface area contributed by atoms with Crippen molar-refractivity contribution in [3.8, 4) is 5.75 Å². The van der Waals surface area contributed by atoms with Gasteiger partial charge in [0.05, 0.1) is 12.7 Å². The van der Waals surface area contributed by atoms with E-state index in [0.29, 0.717) is 6.07 Å². The van der Waals surface area contributed by atoms with Gasteiger partial charge in [0.2, 0.25) is 0 Å². The lowest BCUT2D eigenvalue weighted by Gasteiger charge is -2.08. The monoisotopic (exact) mass is 299 g/mol. The largest absolute Gasteiger partial charge is 0.494 e. The van der Waals surface area contributed by atoms with Crippen LogP contribution in [0.5, 0.6) is 5.75 Å². The van der Waals surface area contributed by atoms with Gasteiger partial charge in [-0.15, -0.1) is 0 Å². The molecule has 0 aliphatic rings. The van der Waals surface area contributed by atoms with Gasteiger partial charge in [-0.25, -0.2) is 17.6 Å². The first-order valence-corrected chi connectivity index (χ1v) is 5.72. The Morgan fingerprint density at radius 2 is 1.71 bits per heavy atom. The summed E-state index contributed by atoms with van der Waals surface area (Å²) in [5.74, 6) is -6.56. The molecule has 0 aliphatic carbocycles. The van der Waals surface area contributed by atoms with Gasteiger partial charge in [0.15, 0.2) is 29.0 Å². The minimum absolute atomic E-state index is 0.0161. The molecule has 1 amide bonds. The first-order chi connectivity index (χ1) is 9.93. The van der Waals surface area contributed by atoms with Gasteiger partial charge in [-0.1, -0.05) is 0 Å². The van der Waals surface area contributed by atoms with Gasteiger partial charge in [-0.2, -0.15) is 0 Å². The van der Waals surface area contributed by atoms with Crippen molar-refractivity contribution >= 4 is 11.6 Å². The maximum Gasteiger partial charge on any atom is 0.258 e. The van der Waals surface area contributed by atoms with E-state index in [0.717, 1.165) is 12.1 Å². The molecule has 21 heavy (non-hydrogen) atoms. The van der Waals surface area contributed by atoms with Crippen LogP contribution in [0.25, 0.3) is 0 Å². The number of hydrogen-bond donors (Lipinski definition) is 1. The molecular weight excluding hydrogens is 290 g/mol. The van der Waals surface area contributed by atoms with E-state index >= 15 is 0 Å². The average Bonchev–Trinajstić information content (AvgIpc) is 2.45. The van der Waals surface area contributed by atoms with E-state index in [1.807, 2.05) is 0 Å². The Labute approximate surface area is 117 Å².